The van der Waals surface area contributed by atoms with Crippen molar-refractivity contribution in [3.05, 3.63) is 35.4 Å². The van der Waals surface area contributed by atoms with Crippen molar-refractivity contribution in [3.63, 3.8) is 0 Å². The zero-order valence-electron chi connectivity index (χ0n) is 8.87. The molecule has 1 aromatic carbocycles. The molecule has 0 saturated heterocycles. The minimum atomic E-state index is -0.476. The molecular weight excluding hydrogens is 186 g/mol. The predicted molar refractivity (Wildman–Crippen MR) is 59.7 cm³/mol. The van der Waals surface area contributed by atoms with Gasteiger partial charge in [0.25, 0.3) is 0 Å². The molecule has 1 fully saturated rings. The van der Waals surface area contributed by atoms with Crippen molar-refractivity contribution in [2.24, 2.45) is 0 Å². The number of fused-ring (bicyclic) bond motifs is 1. The van der Waals surface area contributed by atoms with E-state index in [-0.39, 0.29) is 6.04 Å². The molecule has 2 N–H and O–H groups in total. The topological polar surface area (TPSA) is 32.3 Å². The molecule has 1 unspecified atom stereocenters. The summed E-state index contributed by atoms with van der Waals surface area (Å²) in [5.41, 5.74) is 2.24. The standard InChI is InChI=1S/C13H17NO/c15-13(7-3-8-13)12-11-5-2-1-4-10(11)6-9-14-12/h1-2,4-5,12,14-15H,3,6-9H2. The summed E-state index contributed by atoms with van der Waals surface area (Å²) in [7, 11) is 0. The normalized spacial score (nSPS) is 27.9. The second-order valence-corrected chi connectivity index (χ2v) is 4.79. The Morgan fingerprint density at radius 1 is 1.27 bits per heavy atom. The summed E-state index contributed by atoms with van der Waals surface area (Å²) < 4.78 is 0. The minimum Gasteiger partial charge on any atom is -0.388 e. The first-order valence-corrected chi connectivity index (χ1v) is 5.83. The van der Waals surface area contributed by atoms with E-state index >= 15 is 0 Å². The maximum atomic E-state index is 10.4. The highest BCUT2D eigenvalue weighted by Gasteiger charge is 2.44. The number of nitrogens with one attached hydrogen (secondary N) is 1. The Kier molecular flexibility index (Phi) is 2.08. The highest BCUT2D eigenvalue weighted by Crippen LogP contribution is 2.43. The van der Waals surface area contributed by atoms with Gasteiger partial charge in [-0.25, -0.2) is 0 Å². The molecule has 2 nitrogen and oxygen atoms in total. The van der Waals surface area contributed by atoms with E-state index in [0.717, 1.165) is 32.2 Å². The van der Waals surface area contributed by atoms with Crippen LogP contribution in [0.3, 0.4) is 0 Å². The molecule has 2 heteroatoms. The van der Waals surface area contributed by atoms with Gasteiger partial charge < -0.3 is 10.4 Å². The summed E-state index contributed by atoms with van der Waals surface area (Å²) in [6.07, 6.45) is 4.14. The first kappa shape index (κ1) is 9.37. The van der Waals surface area contributed by atoms with Gasteiger partial charge in [0.05, 0.1) is 11.6 Å². The summed E-state index contributed by atoms with van der Waals surface area (Å²) in [6.45, 7) is 0.990. The summed E-state index contributed by atoms with van der Waals surface area (Å²) in [6, 6.07) is 8.66. The van der Waals surface area contributed by atoms with Crippen LogP contribution in [-0.4, -0.2) is 17.3 Å². The van der Waals surface area contributed by atoms with Crippen LogP contribution < -0.4 is 5.32 Å². The lowest BCUT2D eigenvalue weighted by Gasteiger charge is -2.46. The van der Waals surface area contributed by atoms with E-state index in [1.165, 1.54) is 11.1 Å². The van der Waals surface area contributed by atoms with E-state index in [9.17, 15) is 5.11 Å². The van der Waals surface area contributed by atoms with Gasteiger partial charge in [-0.3, -0.25) is 0 Å². The second kappa shape index (κ2) is 3.32. The van der Waals surface area contributed by atoms with Crippen molar-refractivity contribution in [3.8, 4) is 0 Å². The van der Waals surface area contributed by atoms with Gasteiger partial charge in [0.1, 0.15) is 0 Å². The SMILES string of the molecule is OC1(C2NCCc3ccccc32)CCC1. The lowest BCUT2D eigenvalue weighted by Crippen LogP contribution is -2.51. The van der Waals surface area contributed by atoms with Crippen LogP contribution in [-0.2, 0) is 6.42 Å². The van der Waals surface area contributed by atoms with Crippen LogP contribution in [0.4, 0.5) is 0 Å². The molecular formula is C13H17NO. The molecule has 1 aromatic rings. The first-order chi connectivity index (χ1) is 7.30. The quantitative estimate of drug-likeness (QED) is 0.729. The van der Waals surface area contributed by atoms with Gasteiger partial charge in [0.2, 0.25) is 0 Å². The molecule has 0 amide bonds. The fraction of sp³-hybridized carbons (Fsp3) is 0.538. The fourth-order valence-corrected chi connectivity index (χ4v) is 2.81. The Balaban J connectivity index is 1.98. The van der Waals surface area contributed by atoms with E-state index in [2.05, 4.69) is 29.6 Å². The molecule has 15 heavy (non-hydrogen) atoms. The summed E-state index contributed by atoms with van der Waals surface area (Å²) >= 11 is 0. The first-order valence-electron chi connectivity index (χ1n) is 5.83. The van der Waals surface area contributed by atoms with Crippen LogP contribution in [0.5, 0.6) is 0 Å². The Hall–Kier alpha value is -0.860. The second-order valence-electron chi connectivity index (χ2n) is 4.79. The molecule has 0 spiro atoms. The fourth-order valence-electron chi connectivity index (χ4n) is 2.81. The van der Waals surface area contributed by atoms with Gasteiger partial charge in [-0.15, -0.1) is 0 Å². The molecule has 1 atom stereocenters. The number of hydrogen-bond acceptors (Lipinski definition) is 2. The third kappa shape index (κ3) is 1.40. The van der Waals surface area contributed by atoms with Crippen LogP contribution in [0.2, 0.25) is 0 Å². The van der Waals surface area contributed by atoms with E-state index in [4.69, 9.17) is 0 Å². The molecule has 1 heterocycles. The van der Waals surface area contributed by atoms with Gasteiger partial charge in [-0.05, 0) is 43.4 Å². The van der Waals surface area contributed by atoms with Crippen LogP contribution in [0, 0.1) is 0 Å². The molecule has 2 aliphatic rings. The molecule has 0 aromatic heterocycles. The number of aliphatic hydroxyl groups is 1. The van der Waals surface area contributed by atoms with E-state index in [1.807, 2.05) is 0 Å². The highest BCUT2D eigenvalue weighted by atomic mass is 16.3. The molecule has 3 rings (SSSR count). The van der Waals surface area contributed by atoms with Crippen LogP contribution >= 0.6 is 0 Å². The minimum absolute atomic E-state index is 0.163. The lowest BCUT2D eigenvalue weighted by atomic mass is 9.70. The van der Waals surface area contributed by atoms with Gasteiger partial charge in [-0.1, -0.05) is 24.3 Å². The molecule has 0 radical (unpaired) electrons. The molecule has 80 valence electrons. The third-order valence-electron chi connectivity index (χ3n) is 3.87. The zero-order chi connectivity index (χ0) is 10.3. The molecule has 1 saturated carbocycles. The van der Waals surface area contributed by atoms with E-state index in [1.54, 1.807) is 0 Å². The molecule has 1 aliphatic carbocycles. The van der Waals surface area contributed by atoms with Crippen molar-refractivity contribution in [1.82, 2.24) is 5.32 Å². The predicted octanol–water partition coefficient (Wildman–Crippen LogP) is 1.79. The lowest BCUT2D eigenvalue weighted by molar-refractivity contribution is -0.0678. The van der Waals surface area contributed by atoms with Crippen LogP contribution in [0.1, 0.15) is 36.4 Å². The van der Waals surface area contributed by atoms with Crippen molar-refractivity contribution in [2.75, 3.05) is 6.54 Å². The maximum Gasteiger partial charge on any atom is 0.0841 e. The monoisotopic (exact) mass is 203 g/mol. The van der Waals surface area contributed by atoms with Gasteiger partial charge in [0.15, 0.2) is 0 Å². The van der Waals surface area contributed by atoms with E-state index < -0.39 is 5.60 Å². The maximum absolute atomic E-state index is 10.4. The van der Waals surface area contributed by atoms with Gasteiger partial charge >= 0.3 is 0 Å². The average Bonchev–Trinajstić information content (AvgIpc) is 2.25. The van der Waals surface area contributed by atoms with Crippen molar-refractivity contribution >= 4 is 0 Å². The third-order valence-corrected chi connectivity index (χ3v) is 3.87. The Bertz CT molecular complexity index is 371. The van der Waals surface area contributed by atoms with Crippen molar-refractivity contribution < 1.29 is 5.11 Å². The van der Waals surface area contributed by atoms with Crippen molar-refractivity contribution in [2.45, 2.75) is 37.3 Å². The Morgan fingerprint density at radius 3 is 2.80 bits per heavy atom. The van der Waals surface area contributed by atoms with Gasteiger partial charge in [0, 0.05) is 0 Å². The van der Waals surface area contributed by atoms with Gasteiger partial charge in [-0.2, -0.15) is 0 Å². The Labute approximate surface area is 90.3 Å². The number of rotatable bonds is 1. The van der Waals surface area contributed by atoms with Crippen LogP contribution in [0.15, 0.2) is 24.3 Å². The van der Waals surface area contributed by atoms with E-state index in [0.29, 0.717) is 0 Å². The van der Waals surface area contributed by atoms with Crippen LogP contribution in [0.25, 0.3) is 0 Å². The zero-order valence-corrected chi connectivity index (χ0v) is 8.87. The molecule has 0 bridgehead atoms. The number of hydrogen-bond donors (Lipinski definition) is 2. The smallest absolute Gasteiger partial charge is 0.0841 e. The summed E-state index contributed by atoms with van der Waals surface area (Å²) in [5.74, 6) is 0. The Morgan fingerprint density at radius 2 is 2.07 bits per heavy atom. The van der Waals surface area contributed by atoms with Crippen molar-refractivity contribution in [1.29, 1.82) is 0 Å². The number of benzene rings is 1. The highest BCUT2D eigenvalue weighted by molar-refractivity contribution is 5.35. The average molecular weight is 203 g/mol. The largest absolute Gasteiger partial charge is 0.388 e. The summed E-state index contributed by atoms with van der Waals surface area (Å²) in [4.78, 5) is 0. The molecule has 1 aliphatic heterocycles. The summed E-state index contributed by atoms with van der Waals surface area (Å²) in [5, 5.41) is 13.9.